The lowest BCUT2D eigenvalue weighted by Gasteiger charge is -2.16. The van der Waals surface area contributed by atoms with E-state index in [1.54, 1.807) is 31.7 Å². The van der Waals surface area contributed by atoms with Gasteiger partial charge in [0.15, 0.2) is 0 Å². The third-order valence-corrected chi connectivity index (χ3v) is 3.97. The molecule has 0 aliphatic carbocycles. The summed E-state index contributed by atoms with van der Waals surface area (Å²) in [5, 5.41) is 10.3. The van der Waals surface area contributed by atoms with Gasteiger partial charge >= 0.3 is 0 Å². The lowest BCUT2D eigenvalue weighted by Crippen LogP contribution is -2.32. The van der Waals surface area contributed by atoms with Gasteiger partial charge in [-0.05, 0) is 43.7 Å². The number of amides is 1. The predicted molar refractivity (Wildman–Crippen MR) is 84.9 cm³/mol. The smallest absolute Gasteiger partial charge is 0.270 e. The fourth-order valence-electron chi connectivity index (χ4n) is 1.57. The molecule has 0 unspecified atom stereocenters. The second kappa shape index (κ2) is 8.82. The van der Waals surface area contributed by atoms with Gasteiger partial charge in [0.1, 0.15) is 0 Å². The molecule has 0 saturated heterocycles. The van der Waals surface area contributed by atoms with Gasteiger partial charge < -0.3 is 0 Å². The number of carbonyl (C=O) groups is 1. The van der Waals surface area contributed by atoms with Crippen molar-refractivity contribution >= 4 is 23.7 Å². The topological polar surface area (TPSA) is 40.5 Å². The molecule has 0 saturated carbocycles. The monoisotopic (exact) mass is 293 g/mol. The third-order valence-electron chi connectivity index (χ3n) is 2.79. The Balaban J connectivity index is 2.73. The molecule has 0 heterocycles. The molecule has 4 heteroatoms. The Morgan fingerprint density at radius 2 is 2.10 bits per heavy atom. The number of benzene rings is 1. The standard InChI is InChI=1S/C16H23NO2S/c1-4-5-12-20-15-9-7-6-8-14(15)10-11-16(18)17(19)13(2)3/h6-11,13,19H,4-5,12H2,1-3H3. The Morgan fingerprint density at radius 1 is 1.40 bits per heavy atom. The van der Waals surface area contributed by atoms with Crippen molar-refractivity contribution in [1.82, 2.24) is 5.06 Å². The first-order valence-electron chi connectivity index (χ1n) is 6.98. The normalized spacial score (nSPS) is 11.2. The molecule has 0 fully saturated rings. The van der Waals surface area contributed by atoms with E-state index < -0.39 is 5.91 Å². The van der Waals surface area contributed by atoms with Gasteiger partial charge in [0, 0.05) is 11.0 Å². The third kappa shape index (κ3) is 5.39. The molecule has 0 aromatic heterocycles. The number of carbonyl (C=O) groups excluding carboxylic acids is 1. The maximum Gasteiger partial charge on any atom is 0.270 e. The van der Waals surface area contributed by atoms with Gasteiger partial charge in [-0.2, -0.15) is 0 Å². The molecule has 1 aromatic rings. The first-order valence-corrected chi connectivity index (χ1v) is 7.96. The van der Waals surface area contributed by atoms with Crippen LogP contribution in [0.3, 0.4) is 0 Å². The number of hydrogen-bond acceptors (Lipinski definition) is 3. The molecule has 1 aromatic carbocycles. The van der Waals surface area contributed by atoms with Crippen LogP contribution in [0.15, 0.2) is 35.2 Å². The fourth-order valence-corrected chi connectivity index (χ4v) is 2.70. The molecule has 110 valence electrons. The van der Waals surface area contributed by atoms with E-state index in [9.17, 15) is 10.0 Å². The highest BCUT2D eigenvalue weighted by Gasteiger charge is 2.10. The van der Waals surface area contributed by atoms with Crippen LogP contribution in [0.2, 0.25) is 0 Å². The van der Waals surface area contributed by atoms with Gasteiger partial charge in [-0.1, -0.05) is 31.5 Å². The zero-order chi connectivity index (χ0) is 15.0. The van der Waals surface area contributed by atoms with Crippen molar-refractivity contribution in [2.24, 2.45) is 0 Å². The average molecular weight is 293 g/mol. The van der Waals surface area contributed by atoms with Crippen molar-refractivity contribution in [2.75, 3.05) is 5.75 Å². The molecule has 0 spiro atoms. The Kier molecular flexibility index (Phi) is 7.41. The maximum atomic E-state index is 11.7. The summed E-state index contributed by atoms with van der Waals surface area (Å²) < 4.78 is 0. The molecule has 1 rings (SSSR count). The van der Waals surface area contributed by atoms with Crippen LogP contribution in [0.25, 0.3) is 6.08 Å². The second-order valence-electron chi connectivity index (χ2n) is 4.85. The molecule has 0 aliphatic rings. The fraction of sp³-hybridized carbons (Fsp3) is 0.438. The number of unbranched alkanes of at least 4 members (excludes halogenated alkanes) is 1. The Morgan fingerprint density at radius 3 is 2.75 bits per heavy atom. The van der Waals surface area contributed by atoms with Crippen LogP contribution in [0, 0.1) is 0 Å². The van der Waals surface area contributed by atoms with Crippen LogP contribution in [0.1, 0.15) is 39.2 Å². The van der Waals surface area contributed by atoms with Crippen LogP contribution >= 0.6 is 11.8 Å². The van der Waals surface area contributed by atoms with Crippen molar-refractivity contribution in [3.63, 3.8) is 0 Å². The van der Waals surface area contributed by atoms with Crippen LogP contribution < -0.4 is 0 Å². The minimum Gasteiger partial charge on any atom is -0.285 e. The van der Waals surface area contributed by atoms with E-state index >= 15 is 0 Å². The largest absolute Gasteiger partial charge is 0.285 e. The van der Waals surface area contributed by atoms with Crippen molar-refractivity contribution in [1.29, 1.82) is 0 Å². The maximum absolute atomic E-state index is 11.7. The predicted octanol–water partition coefficient (Wildman–Crippen LogP) is 4.22. The van der Waals surface area contributed by atoms with E-state index in [1.165, 1.54) is 23.8 Å². The summed E-state index contributed by atoms with van der Waals surface area (Å²) in [4.78, 5) is 12.9. The average Bonchev–Trinajstić information content (AvgIpc) is 2.45. The van der Waals surface area contributed by atoms with Gasteiger partial charge in [0.05, 0.1) is 6.04 Å². The second-order valence-corrected chi connectivity index (χ2v) is 5.99. The summed E-state index contributed by atoms with van der Waals surface area (Å²) in [7, 11) is 0. The lowest BCUT2D eigenvalue weighted by molar-refractivity contribution is -0.166. The van der Waals surface area contributed by atoms with Crippen molar-refractivity contribution < 1.29 is 10.0 Å². The Labute approximate surface area is 125 Å². The van der Waals surface area contributed by atoms with Gasteiger partial charge in [0.2, 0.25) is 0 Å². The summed E-state index contributed by atoms with van der Waals surface area (Å²) in [6.07, 6.45) is 5.54. The molecule has 0 bridgehead atoms. The van der Waals surface area contributed by atoms with Crippen LogP contribution in [0.5, 0.6) is 0 Å². The van der Waals surface area contributed by atoms with E-state index in [4.69, 9.17) is 0 Å². The van der Waals surface area contributed by atoms with Gasteiger partial charge in [-0.15, -0.1) is 11.8 Å². The first kappa shape index (κ1) is 16.8. The molecule has 20 heavy (non-hydrogen) atoms. The van der Waals surface area contributed by atoms with Crippen LogP contribution in [-0.4, -0.2) is 28.0 Å². The molecule has 3 nitrogen and oxygen atoms in total. The SMILES string of the molecule is CCCCSc1ccccc1C=CC(=O)N(O)C(C)C. The van der Waals surface area contributed by atoms with Crippen LogP contribution in [-0.2, 0) is 4.79 Å². The van der Waals surface area contributed by atoms with Crippen molar-refractivity contribution in [2.45, 2.75) is 44.6 Å². The first-order chi connectivity index (χ1) is 9.56. The zero-order valence-electron chi connectivity index (χ0n) is 12.4. The van der Waals surface area contributed by atoms with Gasteiger partial charge in [0.25, 0.3) is 5.91 Å². The van der Waals surface area contributed by atoms with Gasteiger partial charge in [-0.3, -0.25) is 10.0 Å². The van der Waals surface area contributed by atoms with Crippen LogP contribution in [0.4, 0.5) is 0 Å². The number of nitrogens with zero attached hydrogens (tertiary/aromatic N) is 1. The molecular weight excluding hydrogens is 270 g/mol. The Bertz CT molecular complexity index is 458. The molecule has 0 atom stereocenters. The Hall–Kier alpha value is -1.26. The van der Waals surface area contributed by atoms with E-state index in [-0.39, 0.29) is 6.04 Å². The van der Waals surface area contributed by atoms with E-state index in [0.29, 0.717) is 0 Å². The van der Waals surface area contributed by atoms with E-state index in [0.717, 1.165) is 16.4 Å². The number of thioether (sulfide) groups is 1. The number of hydrogen-bond donors (Lipinski definition) is 1. The molecular formula is C16H23NO2S. The minimum atomic E-state index is -0.395. The van der Waals surface area contributed by atoms with E-state index in [2.05, 4.69) is 13.0 Å². The van der Waals surface area contributed by atoms with Crippen molar-refractivity contribution in [3.05, 3.63) is 35.9 Å². The number of hydroxylamine groups is 2. The summed E-state index contributed by atoms with van der Waals surface area (Å²) in [6, 6.07) is 7.77. The molecule has 1 amide bonds. The highest BCUT2D eigenvalue weighted by Crippen LogP contribution is 2.24. The summed E-state index contributed by atoms with van der Waals surface area (Å²) in [5.41, 5.74) is 1.01. The molecule has 0 aliphatic heterocycles. The quantitative estimate of drug-likeness (QED) is 0.269. The van der Waals surface area contributed by atoms with Gasteiger partial charge in [-0.25, -0.2) is 5.06 Å². The highest BCUT2D eigenvalue weighted by molar-refractivity contribution is 7.99. The van der Waals surface area contributed by atoms with E-state index in [1.807, 2.05) is 18.2 Å². The minimum absolute atomic E-state index is 0.221. The zero-order valence-corrected chi connectivity index (χ0v) is 13.2. The summed E-state index contributed by atoms with van der Waals surface area (Å²) >= 11 is 1.80. The summed E-state index contributed by atoms with van der Waals surface area (Å²) in [6.45, 7) is 5.70. The lowest BCUT2D eigenvalue weighted by atomic mass is 10.2. The molecule has 1 N–H and O–H groups in total. The number of rotatable bonds is 7. The van der Waals surface area contributed by atoms with Crippen molar-refractivity contribution in [3.8, 4) is 0 Å². The summed E-state index contributed by atoms with van der Waals surface area (Å²) in [5.74, 6) is 0.682. The highest BCUT2D eigenvalue weighted by atomic mass is 32.2. The molecule has 0 radical (unpaired) electrons.